The fourth-order valence-electron chi connectivity index (χ4n) is 1.84. The number of thiophene rings is 1. The molecule has 0 spiro atoms. The molecule has 86 valence electrons. The zero-order chi connectivity index (χ0) is 12.5. The molecule has 1 aromatic carbocycles. The number of hydrogen-bond donors (Lipinski definition) is 0. The average Bonchev–Trinajstić information content (AvgIpc) is 2.91. The smallest absolute Gasteiger partial charge is 0.345 e. The van der Waals surface area contributed by atoms with Crippen LogP contribution in [0.2, 0.25) is 0 Å². The lowest BCUT2D eigenvalue weighted by Gasteiger charge is -2.01. The third-order valence-corrected chi connectivity index (χ3v) is 3.57. The van der Waals surface area contributed by atoms with Crippen LogP contribution in [0.25, 0.3) is 21.4 Å². The van der Waals surface area contributed by atoms with Gasteiger partial charge in [-0.05, 0) is 23.6 Å². The lowest BCUT2D eigenvalue weighted by molar-refractivity contribution is 0.563. The molecule has 0 amide bonds. The minimum absolute atomic E-state index is 0.352. The van der Waals surface area contributed by atoms with Crippen molar-refractivity contribution in [3.05, 3.63) is 57.8 Å². The van der Waals surface area contributed by atoms with Crippen molar-refractivity contribution in [2.75, 3.05) is 0 Å². The summed E-state index contributed by atoms with van der Waals surface area (Å²) in [6.45, 7) is 0. The van der Waals surface area contributed by atoms with Gasteiger partial charge < -0.3 is 4.42 Å². The molecule has 3 nitrogen and oxygen atoms in total. The van der Waals surface area contributed by atoms with Gasteiger partial charge in [0.15, 0.2) is 5.58 Å². The van der Waals surface area contributed by atoms with Crippen molar-refractivity contribution in [2.45, 2.75) is 0 Å². The van der Waals surface area contributed by atoms with E-state index in [2.05, 4.69) is 0 Å². The van der Waals surface area contributed by atoms with Crippen molar-refractivity contribution in [1.82, 2.24) is 0 Å². The van der Waals surface area contributed by atoms with E-state index in [1.54, 1.807) is 18.2 Å². The van der Waals surface area contributed by atoms with Gasteiger partial charge in [0.1, 0.15) is 6.07 Å². The first-order valence-electron chi connectivity index (χ1n) is 5.30. The van der Waals surface area contributed by atoms with Gasteiger partial charge in [-0.25, -0.2) is 4.79 Å². The molecule has 0 aliphatic rings. The predicted molar refractivity (Wildman–Crippen MR) is 70.5 cm³/mol. The summed E-state index contributed by atoms with van der Waals surface area (Å²) >= 11 is 1.48. The van der Waals surface area contributed by atoms with Crippen LogP contribution in [0.5, 0.6) is 0 Å². The van der Waals surface area contributed by atoms with Crippen LogP contribution in [0.15, 0.2) is 51.0 Å². The molecule has 0 aliphatic heterocycles. The quantitative estimate of drug-likeness (QED) is 0.624. The molecule has 2 aromatic heterocycles. The van der Waals surface area contributed by atoms with E-state index in [9.17, 15) is 4.79 Å². The SMILES string of the molecule is N#Cc1cccc2cc(-c3cccs3)c(=O)oc12. The summed E-state index contributed by atoms with van der Waals surface area (Å²) in [7, 11) is 0. The second kappa shape index (κ2) is 4.13. The summed E-state index contributed by atoms with van der Waals surface area (Å²) in [6, 6.07) is 12.8. The minimum atomic E-state index is -0.410. The predicted octanol–water partition coefficient (Wildman–Crippen LogP) is 3.39. The van der Waals surface area contributed by atoms with Crippen molar-refractivity contribution in [2.24, 2.45) is 0 Å². The molecule has 0 saturated carbocycles. The van der Waals surface area contributed by atoms with Crippen LogP contribution in [-0.2, 0) is 0 Å². The van der Waals surface area contributed by atoms with Gasteiger partial charge in [-0.1, -0.05) is 18.2 Å². The van der Waals surface area contributed by atoms with Crippen molar-refractivity contribution in [3.63, 3.8) is 0 Å². The maximum atomic E-state index is 11.9. The van der Waals surface area contributed by atoms with E-state index in [1.165, 1.54) is 11.3 Å². The largest absolute Gasteiger partial charge is 0.421 e. The van der Waals surface area contributed by atoms with Gasteiger partial charge in [0.25, 0.3) is 0 Å². The molecule has 0 aliphatic carbocycles. The number of para-hydroxylation sites is 1. The second-order valence-electron chi connectivity index (χ2n) is 3.76. The Bertz CT molecular complexity index is 810. The average molecular weight is 253 g/mol. The highest BCUT2D eigenvalue weighted by molar-refractivity contribution is 7.13. The molecule has 2 heterocycles. The Kier molecular flexibility index (Phi) is 2.47. The fourth-order valence-corrected chi connectivity index (χ4v) is 2.57. The first-order chi connectivity index (χ1) is 8.79. The van der Waals surface area contributed by atoms with Crippen LogP contribution in [0, 0.1) is 11.3 Å². The fraction of sp³-hybridized carbons (Fsp3) is 0. The molecule has 0 bridgehead atoms. The highest BCUT2D eigenvalue weighted by atomic mass is 32.1. The highest BCUT2D eigenvalue weighted by Crippen LogP contribution is 2.25. The third kappa shape index (κ3) is 1.62. The van der Waals surface area contributed by atoms with Crippen LogP contribution in [0.1, 0.15) is 5.56 Å². The zero-order valence-electron chi connectivity index (χ0n) is 9.21. The van der Waals surface area contributed by atoms with Gasteiger partial charge in [0.2, 0.25) is 0 Å². The minimum Gasteiger partial charge on any atom is -0.421 e. The summed E-state index contributed by atoms with van der Waals surface area (Å²) in [6.07, 6.45) is 0. The van der Waals surface area contributed by atoms with Crippen molar-refractivity contribution in [3.8, 4) is 16.5 Å². The Hall–Kier alpha value is -2.38. The van der Waals surface area contributed by atoms with E-state index in [0.717, 1.165) is 10.3 Å². The maximum absolute atomic E-state index is 11.9. The summed E-state index contributed by atoms with van der Waals surface area (Å²) in [5, 5.41) is 11.6. The molecule has 0 atom stereocenters. The van der Waals surface area contributed by atoms with Crippen LogP contribution in [0.3, 0.4) is 0 Å². The van der Waals surface area contributed by atoms with Crippen LogP contribution in [0.4, 0.5) is 0 Å². The van der Waals surface area contributed by atoms with E-state index in [-0.39, 0.29) is 0 Å². The lowest BCUT2D eigenvalue weighted by Crippen LogP contribution is -2.02. The second-order valence-corrected chi connectivity index (χ2v) is 4.71. The first kappa shape index (κ1) is 10.8. The molecule has 3 rings (SSSR count). The molecule has 3 aromatic rings. The number of hydrogen-bond acceptors (Lipinski definition) is 4. The van der Waals surface area contributed by atoms with E-state index < -0.39 is 5.63 Å². The number of fused-ring (bicyclic) bond motifs is 1. The number of nitrogens with zero attached hydrogens (tertiary/aromatic N) is 1. The molecular formula is C14H7NO2S. The van der Waals surface area contributed by atoms with Gasteiger partial charge in [0.05, 0.1) is 11.1 Å². The van der Waals surface area contributed by atoms with Crippen molar-refractivity contribution < 1.29 is 4.42 Å². The van der Waals surface area contributed by atoms with Crippen LogP contribution >= 0.6 is 11.3 Å². The summed E-state index contributed by atoms with van der Waals surface area (Å²) in [5.41, 5.74) is 0.855. The van der Waals surface area contributed by atoms with Crippen LogP contribution in [-0.4, -0.2) is 0 Å². The van der Waals surface area contributed by atoms with Gasteiger partial charge in [0, 0.05) is 10.3 Å². The summed E-state index contributed by atoms with van der Waals surface area (Å²) in [4.78, 5) is 12.8. The third-order valence-electron chi connectivity index (χ3n) is 2.67. The van der Waals surface area contributed by atoms with Crippen molar-refractivity contribution in [1.29, 1.82) is 5.26 Å². The van der Waals surface area contributed by atoms with Crippen molar-refractivity contribution >= 4 is 22.3 Å². The molecule has 0 radical (unpaired) electrons. The molecule has 4 heteroatoms. The number of benzene rings is 1. The lowest BCUT2D eigenvalue weighted by atomic mass is 10.1. The monoisotopic (exact) mass is 253 g/mol. The van der Waals surface area contributed by atoms with Gasteiger partial charge in [-0.3, -0.25) is 0 Å². The first-order valence-corrected chi connectivity index (χ1v) is 6.18. The zero-order valence-corrected chi connectivity index (χ0v) is 10.0. The Balaban J connectivity index is 2.37. The highest BCUT2D eigenvalue weighted by Gasteiger charge is 2.10. The maximum Gasteiger partial charge on any atom is 0.345 e. The Morgan fingerprint density at radius 3 is 2.83 bits per heavy atom. The topological polar surface area (TPSA) is 54.0 Å². The Morgan fingerprint density at radius 1 is 1.22 bits per heavy atom. The molecule has 0 unspecified atom stereocenters. The van der Waals surface area contributed by atoms with Gasteiger partial charge in [-0.2, -0.15) is 5.26 Å². The Labute approximate surface area is 107 Å². The molecule has 0 saturated heterocycles. The van der Waals surface area contributed by atoms with Crippen LogP contribution < -0.4 is 5.63 Å². The van der Waals surface area contributed by atoms with E-state index >= 15 is 0 Å². The molecule has 18 heavy (non-hydrogen) atoms. The molecule has 0 fully saturated rings. The van der Waals surface area contributed by atoms with E-state index in [4.69, 9.17) is 9.68 Å². The number of nitriles is 1. The Morgan fingerprint density at radius 2 is 2.11 bits per heavy atom. The number of rotatable bonds is 1. The van der Waals surface area contributed by atoms with Gasteiger partial charge in [-0.15, -0.1) is 11.3 Å². The normalized spacial score (nSPS) is 10.4. The summed E-state index contributed by atoms with van der Waals surface area (Å²) < 4.78 is 5.27. The molecule has 0 N–H and O–H groups in total. The van der Waals surface area contributed by atoms with E-state index in [0.29, 0.717) is 16.7 Å². The van der Waals surface area contributed by atoms with E-state index in [1.807, 2.05) is 29.6 Å². The standard InChI is InChI=1S/C14H7NO2S/c15-8-10-4-1-3-9-7-11(12-5-2-6-18-12)14(16)17-13(9)10/h1-7H. The molecular weight excluding hydrogens is 246 g/mol. The summed E-state index contributed by atoms with van der Waals surface area (Å²) in [5.74, 6) is 0. The van der Waals surface area contributed by atoms with Gasteiger partial charge >= 0.3 is 5.63 Å².